The molecule has 2 heterocycles. The molecule has 6 nitrogen and oxygen atoms in total. The molecule has 3 rings (SSSR count). The van der Waals surface area contributed by atoms with Crippen molar-refractivity contribution in [2.24, 2.45) is 0 Å². The lowest BCUT2D eigenvalue weighted by atomic mass is 10.1. The number of carbonyl (C=O) groups is 1. The Kier molecular flexibility index (Phi) is 4.18. The molecule has 0 saturated carbocycles. The number of aromatic nitrogens is 3. The fourth-order valence-corrected chi connectivity index (χ4v) is 2.33. The number of fused-ring (bicyclic) bond motifs is 1. The minimum Gasteiger partial charge on any atom is -0.493 e. The second kappa shape index (κ2) is 6.43. The molecule has 23 heavy (non-hydrogen) atoms. The molecule has 1 atom stereocenters. The van der Waals surface area contributed by atoms with E-state index >= 15 is 0 Å². The van der Waals surface area contributed by atoms with E-state index in [4.69, 9.17) is 4.74 Å². The molecule has 0 bridgehead atoms. The van der Waals surface area contributed by atoms with E-state index in [9.17, 15) is 9.18 Å². The number of nitrogens with zero attached hydrogens (tertiary/aromatic N) is 2. The van der Waals surface area contributed by atoms with Crippen molar-refractivity contribution in [2.75, 3.05) is 6.61 Å². The van der Waals surface area contributed by atoms with E-state index in [0.29, 0.717) is 23.3 Å². The summed E-state index contributed by atoms with van der Waals surface area (Å²) < 4.78 is 20.3. The highest BCUT2D eigenvalue weighted by atomic mass is 19.1. The number of hydrogen-bond donors (Lipinski definition) is 2. The topological polar surface area (TPSA) is 79.9 Å². The number of hydrogen-bond acceptors (Lipinski definition) is 4. The monoisotopic (exact) mass is 314 g/mol. The van der Waals surface area contributed by atoms with Crippen LogP contribution in [-0.4, -0.2) is 27.7 Å². The van der Waals surface area contributed by atoms with Gasteiger partial charge in [0.25, 0.3) is 5.91 Å². The number of ether oxygens (including phenoxy) is 1. The summed E-state index contributed by atoms with van der Waals surface area (Å²) >= 11 is 0. The Balaban J connectivity index is 1.93. The highest BCUT2D eigenvalue weighted by Gasteiger charge is 2.22. The van der Waals surface area contributed by atoms with Crippen molar-refractivity contribution in [3.8, 4) is 5.75 Å². The van der Waals surface area contributed by atoms with Crippen LogP contribution in [-0.2, 0) is 0 Å². The molecule has 0 fully saturated rings. The third-order valence-corrected chi connectivity index (χ3v) is 3.36. The van der Waals surface area contributed by atoms with Gasteiger partial charge in [0.2, 0.25) is 6.30 Å². The first-order valence-electron chi connectivity index (χ1n) is 7.14. The van der Waals surface area contributed by atoms with Crippen molar-refractivity contribution < 1.29 is 13.9 Å². The Labute approximate surface area is 131 Å². The van der Waals surface area contributed by atoms with Crippen LogP contribution in [0.15, 0.2) is 42.9 Å². The zero-order valence-electron chi connectivity index (χ0n) is 12.4. The first-order chi connectivity index (χ1) is 11.2. The normalized spacial score (nSPS) is 12.1. The number of amides is 1. The first kappa shape index (κ1) is 15.0. The maximum absolute atomic E-state index is 14.8. The Hall–Kier alpha value is -2.96. The quantitative estimate of drug-likeness (QED) is 0.710. The van der Waals surface area contributed by atoms with Crippen molar-refractivity contribution in [1.82, 2.24) is 20.5 Å². The van der Waals surface area contributed by atoms with Crippen LogP contribution in [0.1, 0.15) is 29.1 Å². The van der Waals surface area contributed by atoms with Crippen LogP contribution in [0.3, 0.4) is 0 Å². The molecule has 3 aromatic rings. The van der Waals surface area contributed by atoms with E-state index in [1.54, 1.807) is 30.5 Å². The molecule has 118 valence electrons. The highest BCUT2D eigenvalue weighted by Crippen LogP contribution is 2.33. The van der Waals surface area contributed by atoms with E-state index in [-0.39, 0.29) is 11.1 Å². The Morgan fingerprint density at radius 2 is 2.26 bits per heavy atom. The van der Waals surface area contributed by atoms with E-state index in [1.807, 2.05) is 6.92 Å². The van der Waals surface area contributed by atoms with E-state index < -0.39 is 12.2 Å². The number of aromatic amines is 1. The number of nitrogens with one attached hydrogen (secondary N) is 2. The number of alkyl halides is 1. The molecule has 0 spiro atoms. The molecular weight excluding hydrogens is 299 g/mol. The fourth-order valence-electron chi connectivity index (χ4n) is 2.33. The second-order valence-corrected chi connectivity index (χ2v) is 4.82. The average molecular weight is 314 g/mol. The van der Waals surface area contributed by atoms with Crippen molar-refractivity contribution in [3.63, 3.8) is 0 Å². The van der Waals surface area contributed by atoms with Crippen LogP contribution in [0.25, 0.3) is 10.9 Å². The van der Waals surface area contributed by atoms with Gasteiger partial charge < -0.3 is 10.1 Å². The maximum atomic E-state index is 14.8. The summed E-state index contributed by atoms with van der Waals surface area (Å²) in [6.07, 6.45) is 2.70. The van der Waals surface area contributed by atoms with Crippen molar-refractivity contribution in [1.29, 1.82) is 0 Å². The molecular formula is C16H15FN4O2. The van der Waals surface area contributed by atoms with Crippen molar-refractivity contribution >= 4 is 16.8 Å². The number of benzene rings is 1. The van der Waals surface area contributed by atoms with Gasteiger partial charge in [-0.2, -0.15) is 5.10 Å². The number of rotatable bonds is 5. The smallest absolute Gasteiger partial charge is 0.255 e. The lowest BCUT2D eigenvalue weighted by Gasteiger charge is -2.16. The van der Waals surface area contributed by atoms with Crippen LogP contribution < -0.4 is 10.1 Å². The Morgan fingerprint density at radius 3 is 3.00 bits per heavy atom. The summed E-state index contributed by atoms with van der Waals surface area (Å²) in [5, 5.41) is 9.58. The summed E-state index contributed by atoms with van der Waals surface area (Å²) in [4.78, 5) is 16.0. The Morgan fingerprint density at radius 1 is 1.39 bits per heavy atom. The lowest BCUT2D eigenvalue weighted by Crippen LogP contribution is -2.26. The van der Waals surface area contributed by atoms with Gasteiger partial charge in [0.15, 0.2) is 0 Å². The SMILES string of the molecule is CCOc1ccc2[nH]ncc2c1C(F)NC(=O)c1cccnc1. The van der Waals surface area contributed by atoms with Gasteiger partial charge in [-0.1, -0.05) is 0 Å². The zero-order valence-corrected chi connectivity index (χ0v) is 12.4. The standard InChI is InChI=1S/C16H15FN4O2/c1-2-23-13-6-5-12-11(9-19-21-12)14(13)15(17)20-16(22)10-4-3-7-18-8-10/h3-9,15H,2H2,1H3,(H,19,21)(H,20,22). The van der Waals surface area contributed by atoms with Crippen LogP contribution in [0.4, 0.5) is 4.39 Å². The summed E-state index contributed by atoms with van der Waals surface area (Å²) in [6, 6.07) is 6.59. The molecule has 0 aliphatic carbocycles. The highest BCUT2D eigenvalue weighted by molar-refractivity contribution is 5.94. The molecule has 1 aromatic carbocycles. The predicted octanol–water partition coefficient (Wildman–Crippen LogP) is 2.75. The van der Waals surface area contributed by atoms with Gasteiger partial charge in [-0.3, -0.25) is 14.9 Å². The minimum absolute atomic E-state index is 0.246. The van der Waals surface area contributed by atoms with E-state index in [2.05, 4.69) is 20.5 Å². The van der Waals surface area contributed by atoms with E-state index in [1.165, 1.54) is 12.4 Å². The average Bonchev–Trinajstić information content (AvgIpc) is 3.04. The van der Waals surface area contributed by atoms with Crippen LogP contribution in [0.2, 0.25) is 0 Å². The molecule has 0 aliphatic heterocycles. The summed E-state index contributed by atoms with van der Waals surface area (Å²) in [5.74, 6) is -0.172. The number of H-pyrrole nitrogens is 1. The van der Waals surface area contributed by atoms with Gasteiger partial charge in [0.1, 0.15) is 5.75 Å². The summed E-state index contributed by atoms with van der Waals surface area (Å²) in [5.41, 5.74) is 1.20. The van der Waals surface area contributed by atoms with Gasteiger partial charge in [-0.05, 0) is 31.2 Å². The zero-order chi connectivity index (χ0) is 16.2. The van der Waals surface area contributed by atoms with Gasteiger partial charge >= 0.3 is 0 Å². The summed E-state index contributed by atoms with van der Waals surface area (Å²) in [6.45, 7) is 2.20. The first-order valence-corrected chi connectivity index (χ1v) is 7.14. The van der Waals surface area contributed by atoms with Crippen molar-refractivity contribution in [3.05, 3.63) is 54.0 Å². The second-order valence-electron chi connectivity index (χ2n) is 4.82. The van der Waals surface area contributed by atoms with Gasteiger partial charge in [0.05, 0.1) is 29.4 Å². The molecule has 7 heteroatoms. The van der Waals surface area contributed by atoms with Gasteiger partial charge in [-0.15, -0.1) is 0 Å². The van der Waals surface area contributed by atoms with E-state index in [0.717, 1.165) is 0 Å². The lowest BCUT2D eigenvalue weighted by molar-refractivity contribution is 0.0893. The summed E-state index contributed by atoms with van der Waals surface area (Å²) in [7, 11) is 0. The van der Waals surface area contributed by atoms with Gasteiger partial charge in [0, 0.05) is 17.8 Å². The maximum Gasteiger partial charge on any atom is 0.255 e. The van der Waals surface area contributed by atoms with Gasteiger partial charge in [-0.25, -0.2) is 4.39 Å². The predicted molar refractivity (Wildman–Crippen MR) is 82.8 cm³/mol. The minimum atomic E-state index is -1.73. The van der Waals surface area contributed by atoms with Crippen LogP contribution >= 0.6 is 0 Å². The number of pyridine rings is 1. The van der Waals surface area contributed by atoms with Crippen molar-refractivity contribution in [2.45, 2.75) is 13.2 Å². The van der Waals surface area contributed by atoms with Crippen LogP contribution in [0, 0.1) is 0 Å². The molecule has 0 radical (unpaired) electrons. The molecule has 0 saturated heterocycles. The molecule has 2 N–H and O–H groups in total. The molecule has 1 amide bonds. The third kappa shape index (κ3) is 2.98. The Bertz CT molecular complexity index is 819. The molecule has 0 aliphatic rings. The third-order valence-electron chi connectivity index (χ3n) is 3.36. The number of carbonyl (C=O) groups excluding carboxylic acids is 1. The molecule has 1 unspecified atom stereocenters. The largest absolute Gasteiger partial charge is 0.493 e. The van der Waals surface area contributed by atoms with Crippen LogP contribution in [0.5, 0.6) is 5.75 Å². The fraction of sp³-hybridized carbons (Fsp3) is 0.188. The molecule has 2 aromatic heterocycles. The number of halogens is 1.